The Hall–Kier alpha value is -2.23. The molecule has 1 aromatic carbocycles. The highest BCUT2D eigenvalue weighted by molar-refractivity contribution is 5.76. The van der Waals surface area contributed by atoms with Crippen LogP contribution in [0.15, 0.2) is 42.6 Å². The lowest BCUT2D eigenvalue weighted by Crippen LogP contribution is -1.96. The minimum absolute atomic E-state index is 0.332. The number of aromatic nitrogens is 1. The molecule has 1 heterocycles. The molecule has 0 unspecified atom stereocenters. The number of carbonyl (C=O) groups excluding carboxylic acids is 1. The first-order valence-corrected chi connectivity index (χ1v) is 4.72. The van der Waals surface area contributed by atoms with Crippen LogP contribution < -0.4 is 5.32 Å². The summed E-state index contributed by atoms with van der Waals surface area (Å²) in [6, 6.07) is 9.42. The number of aldehydes is 1. The lowest BCUT2D eigenvalue weighted by atomic mass is 10.2. The molecule has 0 radical (unpaired) electrons. The van der Waals surface area contributed by atoms with Gasteiger partial charge in [-0.3, -0.25) is 4.79 Å². The van der Waals surface area contributed by atoms with Crippen LogP contribution in [0.2, 0.25) is 0 Å². The van der Waals surface area contributed by atoms with Crippen molar-refractivity contribution < 1.29 is 9.18 Å². The van der Waals surface area contributed by atoms with E-state index in [-0.39, 0.29) is 5.82 Å². The van der Waals surface area contributed by atoms with E-state index in [1.54, 1.807) is 30.3 Å². The van der Waals surface area contributed by atoms with E-state index in [4.69, 9.17) is 0 Å². The molecule has 0 saturated carbocycles. The minimum atomic E-state index is -0.360. The molecule has 1 N–H and O–H groups in total. The third-order valence-corrected chi connectivity index (χ3v) is 2.06. The normalized spacial score (nSPS) is 9.81. The van der Waals surface area contributed by atoms with Crippen LogP contribution in [0, 0.1) is 5.82 Å². The molecule has 1 aromatic heterocycles. The third-order valence-electron chi connectivity index (χ3n) is 2.06. The number of para-hydroxylation sites is 1. The maximum atomic E-state index is 13.3. The molecule has 0 atom stereocenters. The summed E-state index contributed by atoms with van der Waals surface area (Å²) in [7, 11) is 0. The van der Waals surface area contributed by atoms with Crippen LogP contribution in [0.4, 0.5) is 15.9 Å². The van der Waals surface area contributed by atoms with Gasteiger partial charge in [-0.2, -0.15) is 0 Å². The Balaban J connectivity index is 2.27. The molecule has 16 heavy (non-hydrogen) atoms. The van der Waals surface area contributed by atoms with Crippen molar-refractivity contribution >= 4 is 17.8 Å². The van der Waals surface area contributed by atoms with E-state index in [9.17, 15) is 9.18 Å². The predicted octanol–water partition coefficient (Wildman–Crippen LogP) is 2.78. The average Bonchev–Trinajstić information content (AvgIpc) is 2.32. The summed E-state index contributed by atoms with van der Waals surface area (Å²) >= 11 is 0. The SMILES string of the molecule is O=Cc1ccnc(Nc2ccccc2F)c1. The molecule has 80 valence electrons. The highest BCUT2D eigenvalue weighted by atomic mass is 19.1. The van der Waals surface area contributed by atoms with Gasteiger partial charge in [0.25, 0.3) is 0 Å². The first-order chi connectivity index (χ1) is 7.79. The molecule has 0 aliphatic rings. The van der Waals surface area contributed by atoms with Gasteiger partial charge in [0.2, 0.25) is 0 Å². The molecule has 0 aliphatic carbocycles. The smallest absolute Gasteiger partial charge is 0.150 e. The molecule has 0 bridgehead atoms. The van der Waals surface area contributed by atoms with E-state index in [0.29, 0.717) is 23.4 Å². The summed E-state index contributed by atoms with van der Waals surface area (Å²) in [4.78, 5) is 14.5. The number of pyridine rings is 1. The molecular weight excluding hydrogens is 207 g/mol. The van der Waals surface area contributed by atoms with Crippen LogP contribution >= 0.6 is 0 Å². The molecule has 4 heteroatoms. The predicted molar refractivity (Wildman–Crippen MR) is 59.3 cm³/mol. The highest BCUT2D eigenvalue weighted by Crippen LogP contribution is 2.17. The van der Waals surface area contributed by atoms with Gasteiger partial charge in [0.1, 0.15) is 17.9 Å². The van der Waals surface area contributed by atoms with Crippen molar-refractivity contribution in [3.63, 3.8) is 0 Å². The lowest BCUT2D eigenvalue weighted by Gasteiger charge is -2.06. The fourth-order valence-corrected chi connectivity index (χ4v) is 1.29. The van der Waals surface area contributed by atoms with Crippen LogP contribution in [-0.2, 0) is 0 Å². The quantitative estimate of drug-likeness (QED) is 0.802. The Bertz CT molecular complexity index is 514. The summed E-state index contributed by atoms with van der Waals surface area (Å²) in [6.07, 6.45) is 2.21. The Morgan fingerprint density at radius 2 is 2.06 bits per heavy atom. The lowest BCUT2D eigenvalue weighted by molar-refractivity contribution is 0.112. The first-order valence-electron chi connectivity index (χ1n) is 4.72. The zero-order valence-electron chi connectivity index (χ0n) is 8.35. The summed E-state index contributed by atoms with van der Waals surface area (Å²) in [5, 5.41) is 2.80. The van der Waals surface area contributed by atoms with Crippen molar-refractivity contribution in [3.05, 3.63) is 54.0 Å². The fraction of sp³-hybridized carbons (Fsp3) is 0. The third kappa shape index (κ3) is 2.23. The molecule has 0 amide bonds. The van der Waals surface area contributed by atoms with E-state index < -0.39 is 0 Å². The summed E-state index contributed by atoms with van der Waals surface area (Å²) < 4.78 is 13.3. The summed E-state index contributed by atoms with van der Waals surface area (Å²) in [6.45, 7) is 0. The summed E-state index contributed by atoms with van der Waals surface area (Å²) in [5.74, 6) is 0.0792. The van der Waals surface area contributed by atoms with Crippen molar-refractivity contribution in [2.24, 2.45) is 0 Å². The van der Waals surface area contributed by atoms with Crippen molar-refractivity contribution in [2.75, 3.05) is 5.32 Å². The number of hydrogen-bond acceptors (Lipinski definition) is 3. The van der Waals surface area contributed by atoms with E-state index in [0.717, 1.165) is 0 Å². The molecular formula is C12H9FN2O. The van der Waals surface area contributed by atoms with Gasteiger partial charge < -0.3 is 5.32 Å². The molecule has 0 saturated heterocycles. The number of carbonyl (C=O) groups is 1. The van der Waals surface area contributed by atoms with Gasteiger partial charge in [-0.1, -0.05) is 12.1 Å². The minimum Gasteiger partial charge on any atom is -0.338 e. The zero-order valence-corrected chi connectivity index (χ0v) is 8.35. The van der Waals surface area contributed by atoms with Crippen molar-refractivity contribution in [1.29, 1.82) is 0 Å². The molecule has 2 rings (SSSR count). The van der Waals surface area contributed by atoms with Gasteiger partial charge in [0, 0.05) is 11.8 Å². The Kier molecular flexibility index (Phi) is 2.91. The molecule has 3 nitrogen and oxygen atoms in total. The van der Waals surface area contributed by atoms with Crippen LogP contribution in [0.3, 0.4) is 0 Å². The van der Waals surface area contributed by atoms with Gasteiger partial charge >= 0.3 is 0 Å². The number of halogens is 1. The average molecular weight is 216 g/mol. The summed E-state index contributed by atoms with van der Waals surface area (Å²) in [5.41, 5.74) is 0.826. The Morgan fingerprint density at radius 1 is 1.25 bits per heavy atom. The standard InChI is InChI=1S/C12H9FN2O/c13-10-3-1-2-4-11(10)15-12-7-9(8-16)5-6-14-12/h1-8H,(H,14,15). The Labute approximate surface area is 92.0 Å². The monoisotopic (exact) mass is 216 g/mol. The van der Waals surface area contributed by atoms with Crippen LogP contribution in [0.25, 0.3) is 0 Å². The Morgan fingerprint density at radius 3 is 2.81 bits per heavy atom. The van der Waals surface area contributed by atoms with Crippen LogP contribution in [0.5, 0.6) is 0 Å². The van der Waals surface area contributed by atoms with Crippen molar-refractivity contribution in [2.45, 2.75) is 0 Å². The van der Waals surface area contributed by atoms with E-state index in [1.165, 1.54) is 12.3 Å². The number of nitrogens with zero attached hydrogens (tertiary/aromatic N) is 1. The largest absolute Gasteiger partial charge is 0.338 e. The van der Waals surface area contributed by atoms with E-state index >= 15 is 0 Å². The van der Waals surface area contributed by atoms with Gasteiger partial charge in [-0.15, -0.1) is 0 Å². The second kappa shape index (κ2) is 4.53. The van der Waals surface area contributed by atoms with Gasteiger partial charge in [-0.05, 0) is 24.3 Å². The van der Waals surface area contributed by atoms with Crippen molar-refractivity contribution in [3.8, 4) is 0 Å². The number of nitrogens with one attached hydrogen (secondary N) is 1. The second-order valence-corrected chi connectivity index (χ2v) is 3.20. The second-order valence-electron chi connectivity index (χ2n) is 3.20. The van der Waals surface area contributed by atoms with E-state index in [1.807, 2.05) is 0 Å². The topological polar surface area (TPSA) is 42.0 Å². The highest BCUT2D eigenvalue weighted by Gasteiger charge is 2.01. The molecule has 0 spiro atoms. The zero-order chi connectivity index (χ0) is 11.4. The fourth-order valence-electron chi connectivity index (χ4n) is 1.29. The number of anilines is 2. The van der Waals surface area contributed by atoms with Crippen LogP contribution in [0.1, 0.15) is 10.4 Å². The van der Waals surface area contributed by atoms with Gasteiger partial charge in [-0.25, -0.2) is 9.37 Å². The van der Waals surface area contributed by atoms with Crippen molar-refractivity contribution in [1.82, 2.24) is 4.98 Å². The number of hydrogen-bond donors (Lipinski definition) is 1. The molecule has 0 fully saturated rings. The maximum Gasteiger partial charge on any atom is 0.150 e. The maximum absolute atomic E-state index is 13.3. The van der Waals surface area contributed by atoms with Crippen LogP contribution in [-0.4, -0.2) is 11.3 Å². The number of benzene rings is 1. The van der Waals surface area contributed by atoms with Gasteiger partial charge in [0.15, 0.2) is 0 Å². The van der Waals surface area contributed by atoms with Gasteiger partial charge in [0.05, 0.1) is 5.69 Å². The van der Waals surface area contributed by atoms with E-state index in [2.05, 4.69) is 10.3 Å². The first kappa shape index (κ1) is 10.3. The molecule has 0 aliphatic heterocycles. The number of rotatable bonds is 3. The molecule has 2 aromatic rings.